The minimum Gasteiger partial charge on any atom is -0.497 e. The molecule has 0 unspecified atom stereocenters. The Labute approximate surface area is 225 Å². The molecule has 5 rings (SSSR count). The first-order valence-electron chi connectivity index (χ1n) is 13.8. The lowest BCUT2D eigenvalue weighted by atomic mass is 9.92. The van der Waals surface area contributed by atoms with E-state index >= 15 is 0 Å². The van der Waals surface area contributed by atoms with Crippen molar-refractivity contribution >= 4 is 22.7 Å². The average Bonchev–Trinajstić information content (AvgIpc) is 3.26. The number of ether oxygens (including phenoxy) is 1. The topological polar surface area (TPSA) is 66.8 Å². The van der Waals surface area contributed by atoms with E-state index in [0.29, 0.717) is 25.3 Å². The van der Waals surface area contributed by atoms with Gasteiger partial charge in [-0.05, 0) is 61.9 Å². The molecule has 3 aromatic rings. The number of nitrogens with zero attached hydrogens (tertiary/aromatic N) is 3. The van der Waals surface area contributed by atoms with Crippen molar-refractivity contribution in [3.8, 4) is 5.75 Å². The van der Waals surface area contributed by atoms with Crippen molar-refractivity contribution in [1.82, 2.24) is 19.7 Å². The third-order valence-electron chi connectivity index (χ3n) is 8.19. The molecule has 2 aliphatic heterocycles. The molecule has 0 bridgehead atoms. The zero-order chi connectivity index (χ0) is 26.9. The number of fused-ring (bicyclic) bond motifs is 3. The highest BCUT2D eigenvalue weighted by Crippen LogP contribution is 2.34. The first kappa shape index (κ1) is 26.3. The number of carbonyl (C=O) groups is 2. The number of methoxy groups -OCH3 is 1. The standard InChI is InChI=1S/C31H40N4O3/c1-22-15-23(2)19-33(18-22)14-8-13-32-30(37)31(3)21-34-27-17-26(38-4)12-11-25(27)16-28(34)29(36)35(31)20-24-9-6-5-7-10-24/h5-7,9-12,16-17,22-23H,8,13-15,18-21H2,1-4H3,(H,32,37)/t22-,23-,31+/m0/s1. The molecule has 0 aliphatic carbocycles. The fourth-order valence-electron chi connectivity index (χ4n) is 6.34. The molecule has 2 aliphatic rings. The summed E-state index contributed by atoms with van der Waals surface area (Å²) < 4.78 is 7.43. The van der Waals surface area contributed by atoms with Gasteiger partial charge in [0.2, 0.25) is 5.91 Å². The third kappa shape index (κ3) is 5.17. The minimum atomic E-state index is -1.04. The summed E-state index contributed by atoms with van der Waals surface area (Å²) >= 11 is 0. The molecule has 1 N–H and O–H groups in total. The smallest absolute Gasteiger partial charge is 0.271 e. The van der Waals surface area contributed by atoms with Crippen LogP contribution < -0.4 is 10.1 Å². The van der Waals surface area contributed by atoms with Gasteiger partial charge in [0.1, 0.15) is 17.0 Å². The Kier molecular flexibility index (Phi) is 7.48. The molecule has 1 fully saturated rings. The lowest BCUT2D eigenvalue weighted by molar-refractivity contribution is -0.133. The summed E-state index contributed by atoms with van der Waals surface area (Å²) in [6.07, 6.45) is 2.18. The Bertz CT molecular complexity index is 1290. The van der Waals surface area contributed by atoms with Gasteiger partial charge < -0.3 is 24.4 Å². The first-order chi connectivity index (χ1) is 18.3. The molecule has 0 radical (unpaired) electrons. The number of amides is 2. The highest BCUT2D eigenvalue weighted by Gasteiger charge is 2.47. The van der Waals surface area contributed by atoms with Crippen LogP contribution in [0.15, 0.2) is 54.6 Å². The van der Waals surface area contributed by atoms with Crippen molar-refractivity contribution in [3.05, 3.63) is 65.9 Å². The van der Waals surface area contributed by atoms with E-state index in [1.54, 1.807) is 12.0 Å². The van der Waals surface area contributed by atoms with Crippen molar-refractivity contribution in [1.29, 1.82) is 0 Å². The van der Waals surface area contributed by atoms with E-state index in [4.69, 9.17) is 4.74 Å². The normalized spacial score (nSPS) is 23.9. The molecule has 1 aromatic heterocycles. The highest BCUT2D eigenvalue weighted by molar-refractivity contribution is 6.03. The summed E-state index contributed by atoms with van der Waals surface area (Å²) in [4.78, 5) is 32.1. The number of rotatable bonds is 8. The Morgan fingerprint density at radius 2 is 1.82 bits per heavy atom. The van der Waals surface area contributed by atoms with Gasteiger partial charge in [-0.25, -0.2) is 0 Å². The van der Waals surface area contributed by atoms with Crippen LogP contribution in [0.1, 0.15) is 49.7 Å². The number of hydrogen-bond donors (Lipinski definition) is 1. The zero-order valence-corrected chi connectivity index (χ0v) is 23.1. The zero-order valence-electron chi connectivity index (χ0n) is 23.1. The molecule has 1 saturated heterocycles. The van der Waals surface area contributed by atoms with Crippen LogP contribution in [-0.2, 0) is 17.9 Å². The maximum atomic E-state index is 14.0. The maximum absolute atomic E-state index is 14.0. The first-order valence-corrected chi connectivity index (χ1v) is 13.8. The second-order valence-corrected chi connectivity index (χ2v) is 11.5. The van der Waals surface area contributed by atoms with E-state index in [1.165, 1.54) is 6.42 Å². The maximum Gasteiger partial charge on any atom is 0.271 e. The van der Waals surface area contributed by atoms with Gasteiger partial charge in [-0.3, -0.25) is 9.59 Å². The molecule has 2 aromatic carbocycles. The Hall–Kier alpha value is -3.32. The molecule has 0 saturated carbocycles. The third-order valence-corrected chi connectivity index (χ3v) is 8.19. The fraction of sp³-hybridized carbons (Fsp3) is 0.484. The molecular formula is C31H40N4O3. The number of likely N-dealkylation sites (tertiary alicyclic amines) is 1. The van der Waals surface area contributed by atoms with E-state index in [9.17, 15) is 9.59 Å². The van der Waals surface area contributed by atoms with Crippen LogP contribution in [0.4, 0.5) is 0 Å². The van der Waals surface area contributed by atoms with Crippen molar-refractivity contribution in [2.45, 2.75) is 52.2 Å². The van der Waals surface area contributed by atoms with Crippen LogP contribution in [-0.4, -0.2) is 65.0 Å². The lowest BCUT2D eigenvalue weighted by Gasteiger charge is -2.44. The van der Waals surface area contributed by atoms with Crippen LogP contribution >= 0.6 is 0 Å². The second kappa shape index (κ2) is 10.8. The van der Waals surface area contributed by atoms with Gasteiger partial charge in [0.15, 0.2) is 0 Å². The number of benzene rings is 2. The van der Waals surface area contributed by atoms with Gasteiger partial charge in [-0.1, -0.05) is 44.2 Å². The number of piperidine rings is 1. The largest absolute Gasteiger partial charge is 0.497 e. The Morgan fingerprint density at radius 3 is 2.53 bits per heavy atom. The van der Waals surface area contributed by atoms with Crippen LogP contribution in [0.5, 0.6) is 5.75 Å². The molecule has 7 heteroatoms. The van der Waals surface area contributed by atoms with Crippen LogP contribution in [0.25, 0.3) is 10.9 Å². The summed E-state index contributed by atoms with van der Waals surface area (Å²) in [6.45, 7) is 11.1. The molecule has 38 heavy (non-hydrogen) atoms. The molecule has 2 amide bonds. The van der Waals surface area contributed by atoms with Crippen molar-refractivity contribution in [2.24, 2.45) is 11.8 Å². The SMILES string of the molecule is COc1ccc2cc3n(c2c1)C[C@](C)(C(=O)NCCCN1C[C@@H](C)C[C@H](C)C1)N(Cc1ccccc1)C3=O. The quantitative estimate of drug-likeness (QED) is 0.446. The van der Waals surface area contributed by atoms with Crippen molar-refractivity contribution in [2.75, 3.05) is 33.3 Å². The summed E-state index contributed by atoms with van der Waals surface area (Å²) in [6, 6.07) is 17.6. The van der Waals surface area contributed by atoms with Crippen LogP contribution in [0.3, 0.4) is 0 Å². The van der Waals surface area contributed by atoms with E-state index in [1.807, 2.05) is 66.1 Å². The van der Waals surface area contributed by atoms with E-state index < -0.39 is 5.54 Å². The van der Waals surface area contributed by atoms with Gasteiger partial charge >= 0.3 is 0 Å². The lowest BCUT2D eigenvalue weighted by Crippen LogP contribution is -2.63. The summed E-state index contributed by atoms with van der Waals surface area (Å²) in [7, 11) is 1.64. The van der Waals surface area contributed by atoms with Gasteiger partial charge in [-0.2, -0.15) is 0 Å². The molecule has 3 heterocycles. The number of aromatic nitrogens is 1. The molecule has 0 spiro atoms. The van der Waals surface area contributed by atoms with Crippen molar-refractivity contribution < 1.29 is 14.3 Å². The molecular weight excluding hydrogens is 476 g/mol. The van der Waals surface area contributed by atoms with Gasteiger partial charge in [0.05, 0.1) is 19.2 Å². The predicted molar refractivity (Wildman–Crippen MR) is 150 cm³/mol. The van der Waals surface area contributed by atoms with Crippen LogP contribution in [0, 0.1) is 11.8 Å². The van der Waals surface area contributed by atoms with Gasteiger partial charge in [0.25, 0.3) is 5.91 Å². The molecule has 3 atom stereocenters. The summed E-state index contributed by atoms with van der Waals surface area (Å²) in [5.74, 6) is 1.92. The average molecular weight is 517 g/mol. The Balaban J connectivity index is 1.37. The number of nitrogens with one attached hydrogen (secondary N) is 1. The summed E-state index contributed by atoms with van der Waals surface area (Å²) in [5.41, 5.74) is 1.46. The number of carbonyl (C=O) groups excluding carboxylic acids is 2. The Morgan fingerprint density at radius 1 is 1.08 bits per heavy atom. The predicted octanol–water partition coefficient (Wildman–Crippen LogP) is 4.55. The second-order valence-electron chi connectivity index (χ2n) is 11.5. The van der Waals surface area contributed by atoms with Gasteiger partial charge in [-0.15, -0.1) is 0 Å². The van der Waals surface area contributed by atoms with E-state index in [2.05, 4.69) is 24.1 Å². The van der Waals surface area contributed by atoms with Crippen LogP contribution in [0.2, 0.25) is 0 Å². The summed E-state index contributed by atoms with van der Waals surface area (Å²) in [5, 5.41) is 4.15. The number of hydrogen-bond acceptors (Lipinski definition) is 4. The van der Waals surface area contributed by atoms with Gasteiger partial charge in [0, 0.05) is 37.6 Å². The van der Waals surface area contributed by atoms with Crippen molar-refractivity contribution in [3.63, 3.8) is 0 Å². The molecule has 7 nitrogen and oxygen atoms in total. The van der Waals surface area contributed by atoms with E-state index in [0.717, 1.165) is 60.1 Å². The monoisotopic (exact) mass is 516 g/mol. The highest BCUT2D eigenvalue weighted by atomic mass is 16.5. The molecule has 202 valence electrons. The minimum absolute atomic E-state index is 0.113. The fourth-order valence-corrected chi connectivity index (χ4v) is 6.34. The van der Waals surface area contributed by atoms with E-state index in [-0.39, 0.29) is 11.8 Å².